The van der Waals surface area contributed by atoms with Gasteiger partial charge in [0.15, 0.2) is 11.4 Å². The van der Waals surface area contributed by atoms with Gasteiger partial charge in [0, 0.05) is 12.5 Å². The Bertz CT molecular complexity index is 882. The number of hydrogen-bond donors (Lipinski definition) is 0. The van der Waals surface area contributed by atoms with Crippen LogP contribution in [0.2, 0.25) is 0 Å². The van der Waals surface area contributed by atoms with Crippen molar-refractivity contribution in [2.24, 2.45) is 0 Å². The monoisotopic (exact) mass is 368 g/mol. The number of ether oxygens (including phenoxy) is 1. The van der Waals surface area contributed by atoms with Crippen LogP contribution in [0.3, 0.4) is 0 Å². The highest BCUT2D eigenvalue weighted by molar-refractivity contribution is 5.85. The Hall–Kier alpha value is -2.37. The topological polar surface area (TPSA) is 60.2 Å². The average Bonchev–Trinajstić information content (AvgIpc) is 3.37. The largest absolute Gasteiger partial charge is 0.478 e. The van der Waals surface area contributed by atoms with E-state index in [2.05, 4.69) is 21.7 Å². The van der Waals surface area contributed by atoms with E-state index in [0.29, 0.717) is 19.0 Å². The van der Waals surface area contributed by atoms with Gasteiger partial charge in [0.25, 0.3) is 5.91 Å². The Morgan fingerprint density at radius 1 is 1.22 bits per heavy atom. The zero-order chi connectivity index (χ0) is 19.3. The van der Waals surface area contributed by atoms with Gasteiger partial charge in [-0.15, -0.1) is 10.2 Å². The maximum atomic E-state index is 13.3. The number of rotatable bonds is 4. The van der Waals surface area contributed by atoms with E-state index < -0.39 is 5.60 Å². The third-order valence-electron chi connectivity index (χ3n) is 5.72. The molecule has 0 saturated heterocycles. The number of nitrogens with zero attached hydrogens (tertiary/aromatic N) is 4. The standard InChI is InChI=1S/C21H28N4O2/c1-13-7-6-8-17(15(13)3)27-21(4,5)20(26)24-11-14(2)25-18(12-24)22-23-19(25)16-9-10-16/h6-8,14,16H,9-12H2,1-5H3/t14-/m0/s1. The summed E-state index contributed by atoms with van der Waals surface area (Å²) >= 11 is 0. The molecule has 1 aromatic heterocycles. The van der Waals surface area contributed by atoms with Crippen molar-refractivity contribution in [1.82, 2.24) is 19.7 Å². The van der Waals surface area contributed by atoms with Gasteiger partial charge in [-0.05, 0) is 64.7 Å². The summed E-state index contributed by atoms with van der Waals surface area (Å²) in [6.07, 6.45) is 2.40. The van der Waals surface area contributed by atoms with Crippen LogP contribution >= 0.6 is 0 Å². The number of amides is 1. The Balaban J connectivity index is 1.54. The summed E-state index contributed by atoms with van der Waals surface area (Å²) in [5, 5.41) is 8.77. The normalized spacial score (nSPS) is 19.7. The first-order chi connectivity index (χ1) is 12.8. The first kappa shape index (κ1) is 18.0. The van der Waals surface area contributed by atoms with Gasteiger partial charge in [0.05, 0.1) is 12.6 Å². The highest BCUT2D eigenvalue weighted by Gasteiger charge is 2.40. The highest BCUT2D eigenvalue weighted by Crippen LogP contribution is 2.41. The van der Waals surface area contributed by atoms with Crippen molar-refractivity contribution in [2.75, 3.05) is 6.54 Å². The van der Waals surface area contributed by atoms with Gasteiger partial charge in [-0.25, -0.2) is 0 Å². The van der Waals surface area contributed by atoms with Crippen LogP contribution in [0.1, 0.15) is 68.3 Å². The van der Waals surface area contributed by atoms with Crippen LogP contribution in [-0.4, -0.2) is 37.7 Å². The zero-order valence-corrected chi connectivity index (χ0v) is 16.8. The number of aryl methyl sites for hydroxylation is 1. The quantitative estimate of drug-likeness (QED) is 0.828. The van der Waals surface area contributed by atoms with Crippen molar-refractivity contribution in [3.8, 4) is 5.75 Å². The first-order valence-electron chi connectivity index (χ1n) is 9.76. The van der Waals surface area contributed by atoms with Crippen molar-refractivity contribution in [3.63, 3.8) is 0 Å². The Kier molecular flexibility index (Phi) is 4.24. The predicted octanol–water partition coefficient (Wildman–Crippen LogP) is 3.53. The van der Waals surface area contributed by atoms with Crippen LogP contribution in [0.4, 0.5) is 0 Å². The van der Waals surface area contributed by atoms with Gasteiger partial charge in [-0.1, -0.05) is 12.1 Å². The molecule has 2 aliphatic rings. The molecule has 2 heterocycles. The van der Waals surface area contributed by atoms with Crippen LogP contribution in [0.25, 0.3) is 0 Å². The van der Waals surface area contributed by atoms with Crippen molar-refractivity contribution < 1.29 is 9.53 Å². The second kappa shape index (κ2) is 6.36. The molecule has 27 heavy (non-hydrogen) atoms. The Labute approximate surface area is 160 Å². The molecular formula is C21H28N4O2. The number of fused-ring (bicyclic) bond motifs is 1. The van der Waals surface area contributed by atoms with Crippen LogP contribution in [0.15, 0.2) is 18.2 Å². The molecule has 0 radical (unpaired) electrons. The van der Waals surface area contributed by atoms with E-state index in [4.69, 9.17) is 4.74 Å². The van der Waals surface area contributed by atoms with Gasteiger partial charge in [-0.2, -0.15) is 0 Å². The molecule has 1 saturated carbocycles. The van der Waals surface area contributed by atoms with E-state index in [-0.39, 0.29) is 11.9 Å². The Morgan fingerprint density at radius 2 is 1.96 bits per heavy atom. The second-order valence-electron chi connectivity index (χ2n) is 8.46. The lowest BCUT2D eigenvalue weighted by Gasteiger charge is -2.37. The molecule has 1 aliphatic carbocycles. The summed E-state index contributed by atoms with van der Waals surface area (Å²) in [6, 6.07) is 6.12. The fraction of sp³-hybridized carbons (Fsp3) is 0.571. The molecule has 0 unspecified atom stereocenters. The maximum absolute atomic E-state index is 13.3. The summed E-state index contributed by atoms with van der Waals surface area (Å²) in [5.74, 6) is 3.28. The fourth-order valence-electron chi connectivity index (χ4n) is 3.87. The molecule has 0 N–H and O–H groups in total. The van der Waals surface area contributed by atoms with E-state index in [1.807, 2.05) is 50.8 Å². The molecule has 1 atom stereocenters. The van der Waals surface area contributed by atoms with Crippen LogP contribution in [0.5, 0.6) is 5.75 Å². The molecule has 144 valence electrons. The molecule has 4 rings (SSSR count). The number of hydrogen-bond acceptors (Lipinski definition) is 4. The molecule has 0 bridgehead atoms. The van der Waals surface area contributed by atoms with Crippen molar-refractivity contribution in [3.05, 3.63) is 41.0 Å². The van der Waals surface area contributed by atoms with Crippen LogP contribution in [-0.2, 0) is 11.3 Å². The van der Waals surface area contributed by atoms with Crippen molar-refractivity contribution >= 4 is 5.91 Å². The number of benzene rings is 1. The third-order valence-corrected chi connectivity index (χ3v) is 5.72. The van der Waals surface area contributed by atoms with E-state index >= 15 is 0 Å². The van der Waals surface area contributed by atoms with Gasteiger partial charge in [0.1, 0.15) is 11.6 Å². The minimum atomic E-state index is -0.945. The van der Waals surface area contributed by atoms with E-state index in [1.165, 1.54) is 12.8 Å². The van der Waals surface area contributed by atoms with Crippen molar-refractivity contribution in [2.45, 2.75) is 71.6 Å². The average molecular weight is 368 g/mol. The SMILES string of the molecule is Cc1cccc(OC(C)(C)C(=O)N2Cc3nnc(C4CC4)n3[C@@H](C)C2)c1C. The molecule has 1 amide bonds. The first-order valence-corrected chi connectivity index (χ1v) is 9.76. The van der Waals surface area contributed by atoms with Gasteiger partial charge >= 0.3 is 0 Å². The van der Waals surface area contributed by atoms with Crippen LogP contribution < -0.4 is 4.74 Å². The van der Waals surface area contributed by atoms with Gasteiger partial charge in [-0.3, -0.25) is 4.79 Å². The summed E-state index contributed by atoms with van der Waals surface area (Å²) in [5.41, 5.74) is 1.28. The third kappa shape index (κ3) is 3.22. The molecule has 1 aliphatic heterocycles. The summed E-state index contributed by atoms with van der Waals surface area (Å²) in [7, 11) is 0. The van der Waals surface area contributed by atoms with E-state index in [9.17, 15) is 4.79 Å². The smallest absolute Gasteiger partial charge is 0.266 e. The van der Waals surface area contributed by atoms with Crippen LogP contribution in [0, 0.1) is 13.8 Å². The summed E-state index contributed by atoms with van der Waals surface area (Å²) in [6.45, 7) is 11.0. The zero-order valence-electron chi connectivity index (χ0n) is 16.8. The highest BCUT2D eigenvalue weighted by atomic mass is 16.5. The second-order valence-corrected chi connectivity index (χ2v) is 8.46. The van der Waals surface area contributed by atoms with Gasteiger partial charge < -0.3 is 14.2 Å². The molecular weight excluding hydrogens is 340 g/mol. The van der Waals surface area contributed by atoms with Gasteiger partial charge in [0.2, 0.25) is 0 Å². The molecule has 1 aromatic carbocycles. The van der Waals surface area contributed by atoms with Crippen molar-refractivity contribution in [1.29, 1.82) is 0 Å². The fourth-order valence-corrected chi connectivity index (χ4v) is 3.87. The Morgan fingerprint density at radius 3 is 2.67 bits per heavy atom. The minimum Gasteiger partial charge on any atom is -0.478 e. The lowest BCUT2D eigenvalue weighted by molar-refractivity contribution is -0.147. The van der Waals surface area contributed by atoms with E-state index in [1.54, 1.807) is 0 Å². The molecule has 6 heteroatoms. The number of carbonyl (C=O) groups is 1. The number of carbonyl (C=O) groups excluding carboxylic acids is 1. The maximum Gasteiger partial charge on any atom is 0.266 e. The molecule has 6 nitrogen and oxygen atoms in total. The summed E-state index contributed by atoms with van der Waals surface area (Å²) in [4.78, 5) is 15.1. The molecule has 2 aromatic rings. The molecule has 1 fully saturated rings. The minimum absolute atomic E-state index is 0.0162. The lowest BCUT2D eigenvalue weighted by atomic mass is 10.0. The predicted molar refractivity (Wildman–Crippen MR) is 103 cm³/mol. The lowest BCUT2D eigenvalue weighted by Crippen LogP contribution is -2.52. The van der Waals surface area contributed by atoms with E-state index in [0.717, 1.165) is 28.5 Å². The number of aromatic nitrogens is 3. The summed E-state index contributed by atoms with van der Waals surface area (Å²) < 4.78 is 8.41. The molecule has 0 spiro atoms.